The van der Waals surface area contributed by atoms with E-state index in [1.807, 2.05) is 19.1 Å². The molecule has 1 fully saturated rings. The Kier molecular flexibility index (Phi) is 3.50. The fourth-order valence-corrected chi connectivity index (χ4v) is 3.40. The number of aliphatic carboxylic acids is 1. The molecule has 0 saturated carbocycles. The van der Waals surface area contributed by atoms with Crippen molar-refractivity contribution in [3.05, 3.63) is 23.7 Å². The quantitative estimate of drug-likeness (QED) is 0.893. The molecule has 0 radical (unpaired) electrons. The van der Waals surface area contributed by atoms with Gasteiger partial charge in [-0.2, -0.15) is 0 Å². The highest BCUT2D eigenvalue weighted by atomic mass is 32.1. The normalized spacial score (nSPS) is 21.7. The average molecular weight is 305 g/mol. The Morgan fingerprint density at radius 2 is 2.29 bits per heavy atom. The van der Waals surface area contributed by atoms with Gasteiger partial charge < -0.3 is 15.3 Å². The number of fused-ring (bicyclic) bond motifs is 1. The summed E-state index contributed by atoms with van der Waals surface area (Å²) in [6, 6.07) is 4.34. The van der Waals surface area contributed by atoms with Crippen molar-refractivity contribution in [1.82, 2.24) is 9.88 Å². The summed E-state index contributed by atoms with van der Waals surface area (Å²) in [6.07, 6.45) is 0.707. The molecule has 2 atom stereocenters. The molecule has 21 heavy (non-hydrogen) atoms. The molecule has 0 spiro atoms. The van der Waals surface area contributed by atoms with Gasteiger partial charge in [0, 0.05) is 12.2 Å². The van der Waals surface area contributed by atoms with Crippen molar-refractivity contribution >= 4 is 39.2 Å². The fraction of sp³-hybridized carbons (Fsp3) is 0.357. The number of anilines is 1. The number of hydrogen-bond acceptors (Lipinski definition) is 4. The molecule has 3 rings (SSSR count). The summed E-state index contributed by atoms with van der Waals surface area (Å²) in [5.74, 6) is -0.981. The topological polar surface area (TPSA) is 82.5 Å². The highest BCUT2D eigenvalue weighted by Crippen LogP contribution is 2.26. The highest BCUT2D eigenvalue weighted by Gasteiger charge is 2.39. The SMILES string of the molecule is CC1CCN(C(=O)Nc2ccc3ncsc3c2)C1C(=O)O. The minimum atomic E-state index is -0.951. The number of carboxylic acid groups (broad SMARTS) is 1. The minimum Gasteiger partial charge on any atom is -0.480 e. The lowest BCUT2D eigenvalue weighted by Crippen LogP contribution is -2.44. The lowest BCUT2D eigenvalue weighted by Gasteiger charge is -2.23. The predicted octanol–water partition coefficient (Wildman–Crippen LogP) is 2.62. The predicted molar refractivity (Wildman–Crippen MR) is 80.5 cm³/mol. The molecule has 1 aromatic heterocycles. The maximum atomic E-state index is 12.3. The van der Waals surface area contributed by atoms with Crippen LogP contribution in [-0.2, 0) is 4.79 Å². The zero-order valence-corrected chi connectivity index (χ0v) is 12.3. The molecule has 1 aliphatic heterocycles. The number of urea groups is 1. The maximum absolute atomic E-state index is 12.3. The standard InChI is InChI=1S/C14H15N3O3S/c1-8-4-5-17(12(8)13(18)19)14(20)16-9-2-3-10-11(6-9)21-7-15-10/h2-3,6-8,12H,4-5H2,1H3,(H,16,20)(H,18,19). The number of hydrogen-bond donors (Lipinski definition) is 2. The molecule has 1 saturated heterocycles. The highest BCUT2D eigenvalue weighted by molar-refractivity contribution is 7.16. The number of likely N-dealkylation sites (tertiary alicyclic amines) is 1. The molecule has 1 aliphatic rings. The van der Waals surface area contributed by atoms with E-state index in [1.165, 1.54) is 16.2 Å². The number of thiazole rings is 1. The van der Waals surface area contributed by atoms with Crippen LogP contribution in [0.5, 0.6) is 0 Å². The molecule has 110 valence electrons. The van der Waals surface area contributed by atoms with E-state index in [9.17, 15) is 14.7 Å². The van der Waals surface area contributed by atoms with Gasteiger partial charge in [0.2, 0.25) is 0 Å². The Morgan fingerprint density at radius 3 is 3.05 bits per heavy atom. The van der Waals surface area contributed by atoms with Gasteiger partial charge in [-0.15, -0.1) is 11.3 Å². The number of aromatic nitrogens is 1. The van der Waals surface area contributed by atoms with Crippen molar-refractivity contribution < 1.29 is 14.7 Å². The second-order valence-corrected chi connectivity index (χ2v) is 6.09. The molecule has 0 bridgehead atoms. The second kappa shape index (κ2) is 5.33. The Hall–Kier alpha value is -2.15. The summed E-state index contributed by atoms with van der Waals surface area (Å²) < 4.78 is 0.984. The van der Waals surface area contributed by atoms with Gasteiger partial charge in [0.05, 0.1) is 15.7 Å². The van der Waals surface area contributed by atoms with Crippen molar-refractivity contribution in [1.29, 1.82) is 0 Å². The van der Waals surface area contributed by atoms with E-state index in [-0.39, 0.29) is 11.9 Å². The molecular formula is C14H15N3O3S. The van der Waals surface area contributed by atoms with Crippen LogP contribution in [0, 0.1) is 5.92 Å². The van der Waals surface area contributed by atoms with Crippen molar-refractivity contribution in [2.24, 2.45) is 5.92 Å². The van der Waals surface area contributed by atoms with Crippen LogP contribution < -0.4 is 5.32 Å². The van der Waals surface area contributed by atoms with Crippen LogP contribution in [0.4, 0.5) is 10.5 Å². The second-order valence-electron chi connectivity index (χ2n) is 5.21. The number of amides is 2. The van der Waals surface area contributed by atoms with Crippen molar-refractivity contribution in [3.8, 4) is 0 Å². The van der Waals surface area contributed by atoms with Crippen molar-refractivity contribution in [2.45, 2.75) is 19.4 Å². The largest absolute Gasteiger partial charge is 0.480 e. The van der Waals surface area contributed by atoms with Crippen LogP contribution >= 0.6 is 11.3 Å². The van der Waals surface area contributed by atoms with Gasteiger partial charge in [-0.3, -0.25) is 0 Å². The summed E-state index contributed by atoms with van der Waals surface area (Å²) in [6.45, 7) is 2.32. The third kappa shape index (κ3) is 2.56. The Balaban J connectivity index is 1.77. The van der Waals surface area contributed by atoms with E-state index < -0.39 is 12.0 Å². The van der Waals surface area contributed by atoms with Gasteiger partial charge in [0.1, 0.15) is 6.04 Å². The number of nitrogens with one attached hydrogen (secondary N) is 1. The first-order valence-corrected chi connectivity index (χ1v) is 7.58. The first-order valence-electron chi connectivity index (χ1n) is 6.70. The van der Waals surface area contributed by atoms with Crippen LogP contribution in [0.1, 0.15) is 13.3 Å². The Bertz CT molecular complexity index is 700. The summed E-state index contributed by atoms with van der Waals surface area (Å²) in [5.41, 5.74) is 3.29. The fourth-order valence-electron chi connectivity index (χ4n) is 2.68. The molecule has 7 heteroatoms. The monoisotopic (exact) mass is 305 g/mol. The number of benzene rings is 1. The summed E-state index contributed by atoms with van der Waals surface area (Å²) >= 11 is 1.50. The van der Waals surface area contributed by atoms with Crippen LogP contribution in [0.2, 0.25) is 0 Å². The maximum Gasteiger partial charge on any atom is 0.326 e. The molecule has 6 nitrogen and oxygen atoms in total. The molecule has 0 aliphatic carbocycles. The number of rotatable bonds is 2. The molecule has 2 heterocycles. The van der Waals surface area contributed by atoms with E-state index in [0.717, 1.165) is 10.2 Å². The molecule has 2 N–H and O–H groups in total. The summed E-state index contributed by atoms with van der Waals surface area (Å²) in [5, 5.41) is 12.0. The average Bonchev–Trinajstić information content (AvgIpc) is 3.04. The Morgan fingerprint density at radius 1 is 1.48 bits per heavy atom. The van der Waals surface area contributed by atoms with Gasteiger partial charge in [0.25, 0.3) is 0 Å². The van der Waals surface area contributed by atoms with Crippen molar-refractivity contribution in [3.63, 3.8) is 0 Å². The lowest BCUT2D eigenvalue weighted by atomic mass is 10.0. The van der Waals surface area contributed by atoms with Gasteiger partial charge >= 0.3 is 12.0 Å². The van der Waals surface area contributed by atoms with Crippen molar-refractivity contribution in [2.75, 3.05) is 11.9 Å². The molecule has 2 unspecified atom stereocenters. The van der Waals surface area contributed by atoms with Gasteiger partial charge in [-0.05, 0) is 30.5 Å². The third-order valence-corrected chi connectivity index (χ3v) is 4.59. The van der Waals surface area contributed by atoms with E-state index in [1.54, 1.807) is 11.6 Å². The third-order valence-electron chi connectivity index (χ3n) is 3.80. The van der Waals surface area contributed by atoms with Crippen LogP contribution in [0.3, 0.4) is 0 Å². The number of carbonyl (C=O) groups excluding carboxylic acids is 1. The molecule has 1 aromatic carbocycles. The smallest absolute Gasteiger partial charge is 0.326 e. The van der Waals surface area contributed by atoms with Gasteiger partial charge in [-0.1, -0.05) is 6.92 Å². The number of carboxylic acids is 1. The molecule has 2 amide bonds. The van der Waals surface area contributed by atoms with Gasteiger partial charge in [-0.25, -0.2) is 14.6 Å². The summed E-state index contributed by atoms with van der Waals surface area (Å²) in [7, 11) is 0. The van der Waals surface area contributed by atoms with E-state index in [4.69, 9.17) is 0 Å². The summed E-state index contributed by atoms with van der Waals surface area (Å²) in [4.78, 5) is 29.2. The van der Waals surface area contributed by atoms with Gasteiger partial charge in [0.15, 0.2) is 0 Å². The Labute approximate surface area is 125 Å². The first-order chi connectivity index (χ1) is 10.1. The lowest BCUT2D eigenvalue weighted by molar-refractivity contribution is -0.142. The minimum absolute atomic E-state index is 0.0303. The number of nitrogens with zero attached hydrogens (tertiary/aromatic N) is 2. The zero-order chi connectivity index (χ0) is 15.0. The van der Waals surface area contributed by atoms with Crippen LogP contribution in [0.25, 0.3) is 10.2 Å². The van der Waals surface area contributed by atoms with Crippen LogP contribution in [0.15, 0.2) is 23.7 Å². The zero-order valence-electron chi connectivity index (χ0n) is 11.4. The van der Waals surface area contributed by atoms with Crippen LogP contribution in [-0.4, -0.2) is 39.6 Å². The molecule has 2 aromatic rings. The number of carbonyl (C=O) groups is 2. The van der Waals surface area contributed by atoms with E-state index in [2.05, 4.69) is 10.3 Å². The van der Waals surface area contributed by atoms with E-state index in [0.29, 0.717) is 18.7 Å². The van der Waals surface area contributed by atoms with E-state index >= 15 is 0 Å². The molecular weight excluding hydrogens is 290 g/mol. The first kappa shape index (κ1) is 13.8.